The van der Waals surface area contributed by atoms with Crippen molar-refractivity contribution in [3.05, 3.63) is 0 Å². The molecule has 0 bridgehead atoms. The Morgan fingerprint density at radius 3 is 0.519 bits per heavy atom. The molecule has 0 rings (SSSR count). The molecular formula is C52H106Sn2. The molecule has 0 aliphatic rings. The second-order valence-corrected chi connectivity index (χ2v) is 46.5. The van der Waals surface area contributed by atoms with E-state index in [2.05, 4.69) is 53.4 Å². The van der Waals surface area contributed by atoms with Gasteiger partial charge in [0.2, 0.25) is 0 Å². The molecule has 0 saturated heterocycles. The van der Waals surface area contributed by atoms with E-state index >= 15 is 0 Å². The van der Waals surface area contributed by atoms with Crippen molar-refractivity contribution in [1.82, 2.24) is 0 Å². The van der Waals surface area contributed by atoms with Gasteiger partial charge in [-0.15, -0.1) is 0 Å². The third kappa shape index (κ3) is 35.1. The maximum absolute atomic E-state index is 4.22. The molecule has 0 spiro atoms. The molecule has 0 nitrogen and oxygen atoms in total. The van der Waals surface area contributed by atoms with Gasteiger partial charge in [-0.25, -0.2) is 0 Å². The summed E-state index contributed by atoms with van der Waals surface area (Å²) in [4.78, 5) is 0. The first-order valence-corrected chi connectivity index (χ1v) is 42.2. The molecule has 0 saturated carbocycles. The van der Waals surface area contributed by atoms with Gasteiger partial charge in [-0.05, 0) is 0 Å². The number of unbranched alkanes of at least 4 members (excludes halogenated alkanes) is 30. The topological polar surface area (TPSA) is 0 Å². The average Bonchev–Trinajstić information content (AvgIpc) is 3.18. The van der Waals surface area contributed by atoms with Gasteiger partial charge in [0, 0.05) is 0 Å². The average molecular weight is 969 g/mol. The van der Waals surface area contributed by atoms with E-state index < -0.39 is 36.8 Å². The Kier molecular flexibility index (Phi) is 44.7. The summed E-state index contributed by atoms with van der Waals surface area (Å²) in [5.41, 5.74) is 0. The Morgan fingerprint density at radius 1 is 0.204 bits per heavy atom. The third-order valence-corrected chi connectivity index (χ3v) is 42.9. The minimum atomic E-state index is -2.34. The van der Waals surface area contributed by atoms with Crippen molar-refractivity contribution in [3.63, 3.8) is 0 Å². The van der Waals surface area contributed by atoms with Crippen molar-refractivity contribution >= 4 is 36.8 Å². The first-order chi connectivity index (χ1) is 26.6. The molecule has 2 heteroatoms. The van der Waals surface area contributed by atoms with Gasteiger partial charge in [0.1, 0.15) is 0 Å². The van der Waals surface area contributed by atoms with E-state index in [0.717, 1.165) is 0 Å². The van der Waals surface area contributed by atoms with Crippen LogP contribution in [0.1, 0.15) is 273 Å². The summed E-state index contributed by atoms with van der Waals surface area (Å²) in [6.45, 7) is 14.2. The van der Waals surface area contributed by atoms with Crippen LogP contribution in [0.3, 0.4) is 0 Å². The van der Waals surface area contributed by atoms with Crippen LogP contribution in [0.4, 0.5) is 0 Å². The minimum absolute atomic E-state index is 1.37. The van der Waals surface area contributed by atoms with E-state index in [1.165, 1.54) is 201 Å². The fourth-order valence-electron chi connectivity index (χ4n) is 9.46. The first kappa shape index (κ1) is 55.2. The van der Waals surface area contributed by atoms with E-state index in [1.54, 1.807) is 65.1 Å². The molecule has 0 atom stereocenters. The number of rotatable bonds is 44. The van der Waals surface area contributed by atoms with Crippen molar-refractivity contribution in [2.24, 2.45) is 0 Å². The van der Waals surface area contributed by atoms with Crippen LogP contribution in [0, 0.1) is 11.8 Å². The van der Waals surface area contributed by atoms with Crippen LogP contribution in [0.2, 0.25) is 35.5 Å². The van der Waals surface area contributed by atoms with Gasteiger partial charge < -0.3 is 0 Å². The molecule has 0 unspecified atom stereocenters. The zero-order valence-electron chi connectivity index (χ0n) is 39.1. The third-order valence-electron chi connectivity index (χ3n) is 13.4. The molecule has 0 aromatic heterocycles. The quantitative estimate of drug-likeness (QED) is 0.0324. The van der Waals surface area contributed by atoms with Gasteiger partial charge in [0.05, 0.1) is 0 Å². The molecule has 0 aliphatic heterocycles. The summed E-state index contributed by atoms with van der Waals surface area (Å²) in [6.07, 6.45) is 53.0. The Morgan fingerprint density at radius 2 is 0.352 bits per heavy atom. The SMILES string of the molecule is CCCCCCC[CH2][Sn]([CH2]C#C[CH2][Sn]([CH2]CCCCCCC)([CH2]CCCCCCC)[CH2]CCCCCCC)([CH2]CCCCCCC)[CH2]CCCCCCC. The summed E-state index contributed by atoms with van der Waals surface area (Å²) in [7, 11) is 0. The van der Waals surface area contributed by atoms with Crippen molar-refractivity contribution in [1.29, 1.82) is 0 Å². The van der Waals surface area contributed by atoms with E-state index in [0.29, 0.717) is 0 Å². The van der Waals surface area contributed by atoms with Gasteiger partial charge in [0.15, 0.2) is 0 Å². The fourth-order valence-corrected chi connectivity index (χ4v) is 36.7. The van der Waals surface area contributed by atoms with Gasteiger partial charge in [-0.2, -0.15) is 0 Å². The molecule has 0 radical (unpaired) electrons. The molecular weight excluding hydrogens is 862 g/mol. The summed E-state index contributed by atoms with van der Waals surface area (Å²) in [5.74, 6) is 8.43. The van der Waals surface area contributed by atoms with Crippen LogP contribution in [0.25, 0.3) is 0 Å². The Bertz CT molecular complexity index is 633. The Labute approximate surface area is 354 Å². The molecule has 0 fully saturated rings. The normalized spacial score (nSPS) is 12.0. The van der Waals surface area contributed by atoms with Crippen molar-refractivity contribution in [2.45, 2.75) is 308 Å². The Hall–Kier alpha value is 1.16. The van der Waals surface area contributed by atoms with Crippen LogP contribution in [-0.4, -0.2) is 36.8 Å². The zero-order chi connectivity index (χ0) is 39.5. The predicted octanol–water partition coefficient (Wildman–Crippen LogP) is 20.1. The second-order valence-electron chi connectivity index (χ2n) is 18.8. The number of hydrogen-bond acceptors (Lipinski definition) is 0. The summed E-state index contributed by atoms with van der Waals surface area (Å²) in [5, 5.41) is 0. The maximum atomic E-state index is 4.22. The molecule has 0 aromatic carbocycles. The molecule has 322 valence electrons. The molecule has 0 heterocycles. The van der Waals surface area contributed by atoms with Gasteiger partial charge in [0.25, 0.3) is 0 Å². The van der Waals surface area contributed by atoms with Crippen LogP contribution in [0.15, 0.2) is 0 Å². The first-order valence-electron chi connectivity index (χ1n) is 26.0. The van der Waals surface area contributed by atoms with E-state index in [-0.39, 0.29) is 0 Å². The van der Waals surface area contributed by atoms with Gasteiger partial charge in [-0.1, -0.05) is 0 Å². The molecule has 0 amide bonds. The number of hydrogen-bond donors (Lipinski definition) is 0. The van der Waals surface area contributed by atoms with Crippen LogP contribution in [-0.2, 0) is 0 Å². The van der Waals surface area contributed by atoms with Crippen molar-refractivity contribution in [3.8, 4) is 11.8 Å². The van der Waals surface area contributed by atoms with E-state index in [9.17, 15) is 0 Å². The summed E-state index contributed by atoms with van der Waals surface area (Å²) >= 11 is -4.67. The second kappa shape index (κ2) is 43.7. The summed E-state index contributed by atoms with van der Waals surface area (Å²) in [6, 6.07) is 0. The van der Waals surface area contributed by atoms with Crippen LogP contribution in [0.5, 0.6) is 0 Å². The molecule has 0 aliphatic carbocycles. The molecule has 0 aromatic rings. The molecule has 0 N–H and O–H groups in total. The Balaban J connectivity index is 6.10. The zero-order valence-corrected chi connectivity index (χ0v) is 44.8. The van der Waals surface area contributed by atoms with Crippen molar-refractivity contribution < 1.29 is 0 Å². The monoisotopic (exact) mass is 971 g/mol. The fraction of sp³-hybridized carbons (Fsp3) is 0.962. The van der Waals surface area contributed by atoms with Gasteiger partial charge in [-0.3, -0.25) is 0 Å². The van der Waals surface area contributed by atoms with E-state index in [1.807, 2.05) is 0 Å². The molecule has 54 heavy (non-hydrogen) atoms. The van der Waals surface area contributed by atoms with Crippen LogP contribution < -0.4 is 0 Å². The van der Waals surface area contributed by atoms with Crippen LogP contribution >= 0.6 is 0 Å². The van der Waals surface area contributed by atoms with Gasteiger partial charge >= 0.3 is 357 Å². The summed E-state index contributed by atoms with van der Waals surface area (Å²) < 4.78 is 12.9. The standard InChI is InChI=1S/6C8H17.C4H4.2Sn/c6*1-3-5-7-8-6-4-2;1-3-4-2;;/h6*1,3-8H2,2H3;1-2H2;;. The van der Waals surface area contributed by atoms with Crippen molar-refractivity contribution in [2.75, 3.05) is 0 Å². The predicted molar refractivity (Wildman–Crippen MR) is 258 cm³/mol. The van der Waals surface area contributed by atoms with E-state index in [4.69, 9.17) is 0 Å².